The van der Waals surface area contributed by atoms with Gasteiger partial charge in [-0.1, -0.05) is 37.6 Å². The van der Waals surface area contributed by atoms with Gasteiger partial charge in [-0.15, -0.1) is 12.4 Å². The van der Waals surface area contributed by atoms with Crippen LogP contribution < -0.4 is 0 Å². The zero-order valence-corrected chi connectivity index (χ0v) is 27.3. The molecule has 2 saturated heterocycles. The van der Waals surface area contributed by atoms with Gasteiger partial charge in [0.05, 0.1) is 12.0 Å². The summed E-state index contributed by atoms with van der Waals surface area (Å²) in [6.07, 6.45) is 1.41. The number of benzene rings is 1. The van der Waals surface area contributed by atoms with Crippen molar-refractivity contribution < 1.29 is 18.4 Å². The summed E-state index contributed by atoms with van der Waals surface area (Å²) in [5.74, 6) is -0.555. The average molecular weight is 617 g/mol. The Labute approximate surface area is 256 Å². The van der Waals surface area contributed by atoms with Crippen molar-refractivity contribution in [2.75, 3.05) is 26.2 Å². The van der Waals surface area contributed by atoms with Crippen LogP contribution in [0.1, 0.15) is 92.1 Å². The Bertz CT molecular complexity index is 1060. The molecule has 2 amide bonds. The largest absolute Gasteiger partial charge is 0.340 e. The van der Waals surface area contributed by atoms with E-state index in [1.165, 1.54) is 13.8 Å². The van der Waals surface area contributed by atoms with Crippen LogP contribution >= 0.6 is 24.0 Å². The Kier molecular flexibility index (Phi) is 10.5. The van der Waals surface area contributed by atoms with Gasteiger partial charge in [0.2, 0.25) is 11.8 Å². The molecule has 3 fully saturated rings. The summed E-state index contributed by atoms with van der Waals surface area (Å²) >= 11 is 6.16. The lowest BCUT2D eigenvalue weighted by Gasteiger charge is -2.45. The van der Waals surface area contributed by atoms with E-state index in [0.717, 1.165) is 37.8 Å². The number of hydrogen-bond acceptors (Lipinski definition) is 3. The number of carbonyl (C=O) groups excluding carboxylic acids is 2. The highest BCUT2D eigenvalue weighted by molar-refractivity contribution is 6.30. The van der Waals surface area contributed by atoms with Crippen LogP contribution in [0.25, 0.3) is 0 Å². The number of nitrogens with zero attached hydrogens (tertiary/aromatic N) is 3. The predicted octanol–water partition coefficient (Wildman–Crippen LogP) is 7.27. The van der Waals surface area contributed by atoms with Crippen LogP contribution in [0.2, 0.25) is 5.02 Å². The van der Waals surface area contributed by atoms with Gasteiger partial charge < -0.3 is 9.80 Å². The topological polar surface area (TPSA) is 43.9 Å². The second-order valence-corrected chi connectivity index (χ2v) is 15.1. The van der Waals surface area contributed by atoms with E-state index in [9.17, 15) is 18.4 Å². The highest BCUT2D eigenvalue weighted by Crippen LogP contribution is 2.42. The molecule has 0 radical (unpaired) electrons. The highest BCUT2D eigenvalue weighted by atomic mass is 35.5. The van der Waals surface area contributed by atoms with E-state index in [1.54, 1.807) is 4.90 Å². The molecule has 3 aliphatic rings. The molecule has 3 atom stereocenters. The van der Waals surface area contributed by atoms with Crippen molar-refractivity contribution in [2.45, 2.75) is 111 Å². The fraction of sp³-hybridized carbons (Fsp3) is 0.750. The van der Waals surface area contributed by atoms with Crippen molar-refractivity contribution in [1.29, 1.82) is 0 Å². The molecule has 2 aliphatic heterocycles. The molecule has 1 aromatic rings. The molecule has 4 rings (SSSR count). The van der Waals surface area contributed by atoms with Gasteiger partial charge in [0, 0.05) is 48.7 Å². The highest BCUT2D eigenvalue weighted by Gasteiger charge is 2.49. The van der Waals surface area contributed by atoms with Crippen LogP contribution in [0.15, 0.2) is 24.3 Å². The monoisotopic (exact) mass is 615 g/mol. The third-order valence-electron chi connectivity index (χ3n) is 9.79. The first-order valence-electron chi connectivity index (χ1n) is 14.9. The lowest BCUT2D eigenvalue weighted by atomic mass is 9.74. The second kappa shape index (κ2) is 12.7. The Morgan fingerprint density at radius 3 is 2.07 bits per heavy atom. The smallest absolute Gasteiger partial charge is 0.252 e. The first kappa shape index (κ1) is 34.1. The van der Waals surface area contributed by atoms with E-state index < -0.39 is 17.7 Å². The van der Waals surface area contributed by atoms with Gasteiger partial charge in [0.25, 0.3) is 6.43 Å². The summed E-state index contributed by atoms with van der Waals surface area (Å²) in [4.78, 5) is 33.9. The van der Waals surface area contributed by atoms with E-state index in [2.05, 4.69) is 39.5 Å². The van der Waals surface area contributed by atoms with E-state index >= 15 is 0 Å². The molecule has 0 bridgehead atoms. The van der Waals surface area contributed by atoms with Gasteiger partial charge in [-0.2, -0.15) is 0 Å². The van der Waals surface area contributed by atoms with Crippen molar-refractivity contribution in [1.82, 2.24) is 14.7 Å². The van der Waals surface area contributed by atoms with Crippen molar-refractivity contribution in [3.05, 3.63) is 34.9 Å². The molecule has 5 nitrogen and oxygen atoms in total. The van der Waals surface area contributed by atoms with Crippen LogP contribution in [0.3, 0.4) is 0 Å². The third kappa shape index (κ3) is 7.38. The molecule has 0 aromatic heterocycles. The molecule has 0 N–H and O–H groups in total. The maximum Gasteiger partial charge on any atom is 0.252 e. The van der Waals surface area contributed by atoms with Crippen LogP contribution in [0.5, 0.6) is 0 Å². The fourth-order valence-electron chi connectivity index (χ4n) is 6.77. The molecule has 1 aromatic carbocycles. The molecule has 232 valence electrons. The number of hydrogen-bond donors (Lipinski definition) is 0. The first-order chi connectivity index (χ1) is 18.5. The van der Waals surface area contributed by atoms with Crippen molar-refractivity contribution in [3.8, 4) is 0 Å². The molecule has 41 heavy (non-hydrogen) atoms. The number of amides is 2. The van der Waals surface area contributed by atoms with E-state index in [1.807, 2.05) is 29.2 Å². The number of rotatable bonds is 6. The Morgan fingerprint density at radius 2 is 1.54 bits per heavy atom. The van der Waals surface area contributed by atoms with E-state index in [-0.39, 0.29) is 53.2 Å². The maximum atomic E-state index is 14.1. The van der Waals surface area contributed by atoms with Gasteiger partial charge in [-0.05, 0) is 89.8 Å². The van der Waals surface area contributed by atoms with Crippen LogP contribution in [-0.4, -0.2) is 76.7 Å². The number of likely N-dealkylation sites (tertiary alicyclic amines) is 2. The average Bonchev–Trinajstić information content (AvgIpc) is 3.53. The lowest BCUT2D eigenvalue weighted by Crippen LogP contribution is -2.56. The molecule has 2 heterocycles. The fourth-order valence-corrected chi connectivity index (χ4v) is 6.90. The number of alkyl halides is 2. The zero-order valence-electron chi connectivity index (χ0n) is 25.8. The van der Waals surface area contributed by atoms with Gasteiger partial charge in [-0.3, -0.25) is 14.5 Å². The Morgan fingerprint density at radius 1 is 0.951 bits per heavy atom. The lowest BCUT2D eigenvalue weighted by molar-refractivity contribution is -0.156. The Balaban J connectivity index is 0.00000462. The third-order valence-corrected chi connectivity index (χ3v) is 10.0. The SMILES string of the molecule is CC1(C)CCC(N(C(=O)C(C)(C)C(F)F)[C@H]2CCN(C(=O)C3CN(C(C)(C)C)C[C@H]3c3ccc(Cl)cc3)C2)CC1.Cl. The first-order valence-corrected chi connectivity index (χ1v) is 15.3. The van der Waals surface area contributed by atoms with Crippen molar-refractivity contribution in [2.24, 2.45) is 16.7 Å². The van der Waals surface area contributed by atoms with Crippen LogP contribution in [0, 0.1) is 16.7 Å². The minimum Gasteiger partial charge on any atom is -0.340 e. The molecular formula is C32H49Cl2F2N3O2. The minimum atomic E-state index is -2.75. The zero-order chi connectivity index (χ0) is 29.6. The molecular weight excluding hydrogens is 567 g/mol. The predicted molar refractivity (Wildman–Crippen MR) is 164 cm³/mol. The van der Waals surface area contributed by atoms with Crippen molar-refractivity contribution >= 4 is 35.8 Å². The molecule has 1 aliphatic carbocycles. The Hall–Kier alpha value is -1.44. The summed E-state index contributed by atoms with van der Waals surface area (Å²) in [6.45, 7) is 16.1. The number of carbonyl (C=O) groups is 2. The standard InChI is InChI=1S/C32H48ClF2N3O2.ClH/c1-30(2,3)37-19-25(21-8-10-22(33)11-9-21)26(20-37)27(39)36-17-14-24(18-36)38(29(40)32(6,7)28(34)35)23-12-15-31(4,5)16-13-23;/h8-11,23-26,28H,12-20H2,1-7H3;1H/t24-,25-,26?;/m0./s1. The van der Waals surface area contributed by atoms with Gasteiger partial charge in [0.15, 0.2) is 0 Å². The quantitative estimate of drug-likeness (QED) is 0.338. The van der Waals surface area contributed by atoms with Gasteiger partial charge in [0.1, 0.15) is 5.41 Å². The van der Waals surface area contributed by atoms with Crippen molar-refractivity contribution in [3.63, 3.8) is 0 Å². The van der Waals surface area contributed by atoms with Crippen LogP contribution in [0.4, 0.5) is 8.78 Å². The summed E-state index contributed by atoms with van der Waals surface area (Å²) in [7, 11) is 0. The van der Waals surface area contributed by atoms with Crippen LogP contribution in [-0.2, 0) is 9.59 Å². The number of halogens is 4. The van der Waals surface area contributed by atoms with Gasteiger partial charge >= 0.3 is 0 Å². The van der Waals surface area contributed by atoms with E-state index in [4.69, 9.17) is 11.6 Å². The summed E-state index contributed by atoms with van der Waals surface area (Å²) < 4.78 is 28.1. The molecule has 9 heteroatoms. The maximum absolute atomic E-state index is 14.1. The summed E-state index contributed by atoms with van der Waals surface area (Å²) in [5, 5.41) is 0.669. The molecule has 1 saturated carbocycles. The molecule has 0 spiro atoms. The summed E-state index contributed by atoms with van der Waals surface area (Å²) in [6, 6.07) is 7.49. The van der Waals surface area contributed by atoms with Gasteiger partial charge in [-0.25, -0.2) is 8.78 Å². The second-order valence-electron chi connectivity index (χ2n) is 14.7. The molecule has 1 unspecified atom stereocenters. The van der Waals surface area contributed by atoms with E-state index in [0.29, 0.717) is 31.1 Å². The minimum absolute atomic E-state index is 0. The summed E-state index contributed by atoms with van der Waals surface area (Å²) in [5.41, 5.74) is -0.542. The normalized spacial score (nSPS) is 25.8.